The van der Waals surface area contributed by atoms with Gasteiger partial charge in [0.2, 0.25) is 0 Å². The van der Waals surface area contributed by atoms with E-state index in [1.165, 1.54) is 57.4 Å². The lowest BCUT2D eigenvalue weighted by Gasteiger charge is -2.13. The molecule has 3 aliphatic rings. The normalized spacial score (nSPS) is 18.1. The van der Waals surface area contributed by atoms with E-state index in [0.717, 1.165) is 5.56 Å². The van der Waals surface area contributed by atoms with Crippen molar-refractivity contribution < 1.29 is 9.53 Å². The minimum atomic E-state index is -0.293. The van der Waals surface area contributed by atoms with Crippen molar-refractivity contribution in [2.45, 2.75) is 6.61 Å². The van der Waals surface area contributed by atoms with Gasteiger partial charge in [0, 0.05) is 10.4 Å². The third kappa shape index (κ3) is 6.15. The van der Waals surface area contributed by atoms with Gasteiger partial charge < -0.3 is 4.74 Å². The molecule has 1 fully saturated rings. The Balaban J connectivity index is 1.58. The summed E-state index contributed by atoms with van der Waals surface area (Å²) in [6.07, 6.45) is 15.9. The fourth-order valence-electron chi connectivity index (χ4n) is 4.75. The summed E-state index contributed by atoms with van der Waals surface area (Å²) in [4.78, 5) is 12.6. The molecule has 41 heavy (non-hydrogen) atoms. The third-order valence-corrected chi connectivity index (χ3v) is 17.0. The maximum absolute atomic E-state index is 12.6. The maximum atomic E-state index is 12.6. The number of benzene rings is 3. The van der Waals surface area contributed by atoms with E-state index in [1.807, 2.05) is 107 Å². The molecule has 0 bridgehead atoms. The van der Waals surface area contributed by atoms with Crippen LogP contribution in [0.2, 0.25) is 0 Å². The minimum absolute atomic E-state index is 0.233. The number of hydrogen-bond donors (Lipinski definition) is 0. The van der Waals surface area contributed by atoms with E-state index in [2.05, 4.69) is 67.5 Å². The van der Waals surface area contributed by atoms with Crippen molar-refractivity contribution in [2.75, 3.05) is 25.0 Å². The number of rotatable bonds is 7. The number of hydrogen-bond acceptors (Lipinski definition) is 10. The molecule has 3 aromatic carbocycles. The van der Waals surface area contributed by atoms with E-state index in [4.69, 9.17) is 4.74 Å². The fraction of sp³-hybridized carbons (Fsp3) is 0.161. The first-order chi connectivity index (χ1) is 20.1. The highest BCUT2D eigenvalue weighted by Crippen LogP contribution is 2.58. The molecule has 1 saturated carbocycles. The molecule has 0 atom stereocenters. The predicted octanol–water partition coefficient (Wildman–Crippen LogP) is 9.24. The Kier molecular flexibility index (Phi) is 10.3. The molecule has 0 amide bonds. The Morgan fingerprint density at radius 1 is 0.659 bits per heavy atom. The topological polar surface area (TPSA) is 26.3 Å². The number of carbonyl (C=O) groups is 1. The monoisotopic (exact) mass is 685 g/mol. The van der Waals surface area contributed by atoms with Crippen molar-refractivity contribution in [3.63, 3.8) is 0 Å². The first-order valence-electron chi connectivity index (χ1n) is 12.5. The lowest BCUT2D eigenvalue weighted by atomic mass is 9.97. The molecule has 3 aromatic rings. The number of ether oxygens (including phenoxy) is 1. The summed E-state index contributed by atoms with van der Waals surface area (Å²) in [5.41, 5.74) is 0.987. The molecule has 1 aliphatic carbocycles. The summed E-state index contributed by atoms with van der Waals surface area (Å²) < 4.78 is 13.8. The van der Waals surface area contributed by atoms with Gasteiger partial charge in [0.1, 0.15) is 6.61 Å². The second-order valence-electron chi connectivity index (χ2n) is 8.87. The van der Waals surface area contributed by atoms with Crippen LogP contribution in [0.5, 0.6) is 0 Å². The van der Waals surface area contributed by atoms with Gasteiger partial charge in [-0.25, -0.2) is 0 Å². The van der Waals surface area contributed by atoms with E-state index < -0.39 is 0 Å². The Hall–Kier alpha value is -0.330. The van der Waals surface area contributed by atoms with Gasteiger partial charge >= 0.3 is 5.97 Å². The highest BCUT2D eigenvalue weighted by Gasteiger charge is 2.27. The first kappa shape index (κ1) is 30.7. The van der Waals surface area contributed by atoms with Gasteiger partial charge in [0.25, 0.3) is 0 Å². The van der Waals surface area contributed by atoms with Gasteiger partial charge in [-0.15, -0.1) is 47.0 Å². The molecule has 0 spiro atoms. The Morgan fingerprint density at radius 2 is 1.12 bits per heavy atom. The quantitative estimate of drug-likeness (QED) is 0.177. The highest BCUT2D eigenvalue weighted by atomic mass is 32.3. The van der Waals surface area contributed by atoms with E-state index >= 15 is 0 Å². The Morgan fingerprint density at radius 3 is 1.61 bits per heavy atom. The van der Waals surface area contributed by atoms with Crippen LogP contribution in [-0.4, -0.2) is 31.0 Å². The molecule has 0 unspecified atom stereocenters. The van der Waals surface area contributed by atoms with Crippen LogP contribution in [-0.2, 0) is 16.1 Å². The molecule has 0 aromatic heterocycles. The molecular formula is C31H25O2S8. The van der Waals surface area contributed by atoms with Crippen molar-refractivity contribution >= 4 is 130 Å². The van der Waals surface area contributed by atoms with Crippen molar-refractivity contribution in [1.82, 2.24) is 0 Å². The lowest BCUT2D eigenvalue weighted by molar-refractivity contribution is -0.141. The average molecular weight is 686 g/mol. The van der Waals surface area contributed by atoms with Crippen LogP contribution in [0.1, 0.15) is 5.56 Å². The van der Waals surface area contributed by atoms with Crippen LogP contribution in [0.4, 0.5) is 0 Å². The zero-order chi connectivity index (χ0) is 28.5. The summed E-state index contributed by atoms with van der Waals surface area (Å²) in [5, 5.41) is 7.54. The van der Waals surface area contributed by atoms with Crippen LogP contribution in [0.3, 0.4) is 0 Å². The number of thioether (sulfide) groups is 8. The van der Waals surface area contributed by atoms with Crippen LogP contribution in [0, 0.1) is 31.6 Å². The van der Waals surface area contributed by atoms with Gasteiger partial charge in [-0.1, -0.05) is 83.4 Å². The molecular weight excluding hydrogens is 661 g/mol. The molecule has 10 heteroatoms. The summed E-state index contributed by atoms with van der Waals surface area (Å²) in [6, 6.07) is 15.4. The van der Waals surface area contributed by atoms with Crippen LogP contribution < -0.4 is 10.4 Å². The van der Waals surface area contributed by atoms with Crippen LogP contribution >= 0.6 is 94.1 Å². The van der Waals surface area contributed by atoms with Crippen molar-refractivity contribution in [3.05, 3.63) is 107 Å². The number of fused-ring (bicyclic) bond motifs is 2. The van der Waals surface area contributed by atoms with E-state index in [1.54, 1.807) is 12.8 Å². The van der Waals surface area contributed by atoms with E-state index in [0.29, 0.717) is 5.92 Å². The lowest BCUT2D eigenvalue weighted by Crippen LogP contribution is -2.17. The third-order valence-electron chi connectivity index (χ3n) is 6.58. The smallest absolute Gasteiger partial charge is 0.314 e. The van der Waals surface area contributed by atoms with Gasteiger partial charge in [-0.2, -0.15) is 0 Å². The second-order valence-corrected chi connectivity index (χ2v) is 17.8. The maximum Gasteiger partial charge on any atom is 0.314 e. The Bertz CT molecular complexity index is 1680. The van der Waals surface area contributed by atoms with Crippen molar-refractivity contribution in [3.8, 4) is 0 Å². The van der Waals surface area contributed by atoms with Crippen LogP contribution in [0.25, 0.3) is 30.0 Å². The molecule has 209 valence electrons. The van der Waals surface area contributed by atoms with Gasteiger partial charge in [-0.3, -0.25) is 4.79 Å². The summed E-state index contributed by atoms with van der Waals surface area (Å²) in [6.45, 7) is 0.233. The predicted molar refractivity (Wildman–Crippen MR) is 196 cm³/mol. The summed E-state index contributed by atoms with van der Waals surface area (Å²) in [7, 11) is 0. The zero-order valence-electron chi connectivity index (χ0n) is 22.6. The molecule has 0 saturated heterocycles. The number of carbonyl (C=O) groups excluding carboxylic acids is 1. The van der Waals surface area contributed by atoms with Gasteiger partial charge in [0.05, 0.1) is 31.3 Å². The molecule has 2 aliphatic heterocycles. The second kappa shape index (κ2) is 13.8. The van der Waals surface area contributed by atoms with Crippen LogP contribution in [0.15, 0.2) is 59.4 Å². The van der Waals surface area contributed by atoms with E-state index in [-0.39, 0.29) is 12.6 Å². The Labute approximate surface area is 275 Å². The molecule has 2 nitrogen and oxygen atoms in total. The molecule has 0 N–H and O–H groups in total. The summed E-state index contributed by atoms with van der Waals surface area (Å²) >= 11 is 14.8. The zero-order valence-corrected chi connectivity index (χ0v) is 29.2. The fourth-order valence-corrected chi connectivity index (χ4v) is 15.0. The van der Waals surface area contributed by atoms with Gasteiger partial charge in [-0.05, 0) is 83.9 Å². The minimum Gasteiger partial charge on any atom is -0.460 e. The van der Waals surface area contributed by atoms with Crippen molar-refractivity contribution in [1.29, 1.82) is 0 Å². The molecule has 6 rings (SSSR count). The molecule has 5 radical (unpaired) electrons. The standard InChI is InChI=1S/C31H25O2S8/c1-34-28-29(35-2)39-26(38-28)23-19-11-7-8-12-20(19)24(27-40-30(36-3)31(37-4)41-27)22-15-17(13-14-21(22)23)16-33-25(32)18-9-5-6-10-18/h5-15H,16H2,1-4H3. The summed E-state index contributed by atoms with van der Waals surface area (Å²) in [5.74, 6) is 0.293. The van der Waals surface area contributed by atoms with Gasteiger partial charge in [0.15, 0.2) is 0 Å². The highest BCUT2D eigenvalue weighted by molar-refractivity contribution is 8.46. The van der Waals surface area contributed by atoms with E-state index in [9.17, 15) is 4.79 Å². The SMILES string of the molecule is CSC1=C(SC)SC(=c2c3ccccc3c(=C3SC(SC)=C(SC)S3)c3cc(COC(=O)[C]4[CH][CH][CH][CH]4)ccc23)S1. The van der Waals surface area contributed by atoms with Crippen molar-refractivity contribution in [2.24, 2.45) is 0 Å². The first-order valence-corrected chi connectivity index (χ1v) is 20.7. The number of esters is 1. The average Bonchev–Trinajstić information content (AvgIpc) is 3.78. The largest absolute Gasteiger partial charge is 0.460 e. The molecule has 2 heterocycles.